The number of hydrogen-bond donors (Lipinski definition) is 1. The molecule has 6 nitrogen and oxygen atoms in total. The molecule has 0 spiro atoms. The number of thioether (sulfide) groups is 1. The average molecular weight is 453 g/mol. The summed E-state index contributed by atoms with van der Waals surface area (Å²) in [7, 11) is 0. The van der Waals surface area contributed by atoms with Crippen molar-refractivity contribution in [2.45, 2.75) is 31.7 Å². The van der Waals surface area contributed by atoms with Crippen molar-refractivity contribution in [2.24, 2.45) is 0 Å². The number of aromatic nitrogens is 3. The molecule has 1 N–H and O–H groups in total. The van der Waals surface area contributed by atoms with Crippen LogP contribution in [-0.4, -0.2) is 26.4 Å². The van der Waals surface area contributed by atoms with Crippen LogP contribution in [0, 0.1) is 11.6 Å². The van der Waals surface area contributed by atoms with E-state index in [0.717, 1.165) is 23.9 Å². The van der Waals surface area contributed by atoms with Gasteiger partial charge in [-0.3, -0.25) is 4.79 Å². The number of benzene rings is 2. The van der Waals surface area contributed by atoms with Crippen LogP contribution in [-0.2, 0) is 11.3 Å². The minimum absolute atomic E-state index is 0.0916. The molecule has 1 atom stereocenters. The lowest BCUT2D eigenvalue weighted by Crippen LogP contribution is -2.17. The van der Waals surface area contributed by atoms with Crippen LogP contribution in [0.25, 0.3) is 0 Å². The van der Waals surface area contributed by atoms with Gasteiger partial charge >= 0.3 is 0 Å². The Balaban J connectivity index is 1.67. The fraction of sp³-hybridized carbons (Fsp3) is 0.250. The van der Waals surface area contributed by atoms with Gasteiger partial charge in [0.1, 0.15) is 23.1 Å². The van der Waals surface area contributed by atoms with Gasteiger partial charge in [0.05, 0.1) is 10.8 Å². The third-order valence-electron chi connectivity index (χ3n) is 4.13. The molecule has 0 saturated heterocycles. The fourth-order valence-corrected chi connectivity index (χ4v) is 3.70. The SMILES string of the molecule is CCn1c(SCC(=O)Nc2c(F)cccc2F)nnc1C(C)Oc1ccccc1Cl. The molecular formula is C20H19ClF2N4O2S. The number of ether oxygens (including phenoxy) is 1. The minimum atomic E-state index is -0.835. The van der Waals surface area contributed by atoms with Crippen molar-refractivity contribution >= 4 is 35.0 Å². The van der Waals surface area contributed by atoms with Gasteiger partial charge in [-0.15, -0.1) is 10.2 Å². The van der Waals surface area contributed by atoms with Crippen molar-refractivity contribution in [1.82, 2.24) is 14.8 Å². The van der Waals surface area contributed by atoms with Gasteiger partial charge in [0, 0.05) is 6.54 Å². The Bertz CT molecular complexity index is 1030. The van der Waals surface area contributed by atoms with E-state index in [4.69, 9.17) is 16.3 Å². The predicted molar refractivity (Wildman–Crippen MR) is 112 cm³/mol. The number of rotatable bonds is 8. The number of nitrogens with one attached hydrogen (secondary N) is 1. The van der Waals surface area contributed by atoms with E-state index in [2.05, 4.69) is 15.5 Å². The Morgan fingerprint density at radius 1 is 1.20 bits per heavy atom. The van der Waals surface area contributed by atoms with E-state index in [1.165, 1.54) is 6.07 Å². The van der Waals surface area contributed by atoms with Gasteiger partial charge in [-0.25, -0.2) is 8.78 Å². The summed E-state index contributed by atoms with van der Waals surface area (Å²) in [5.74, 6) is -1.23. The topological polar surface area (TPSA) is 69.0 Å². The molecule has 0 fully saturated rings. The lowest BCUT2D eigenvalue weighted by atomic mass is 10.3. The van der Waals surface area contributed by atoms with Crippen LogP contribution in [0.15, 0.2) is 47.6 Å². The number of halogens is 3. The summed E-state index contributed by atoms with van der Waals surface area (Å²) in [5.41, 5.74) is -0.470. The van der Waals surface area contributed by atoms with Gasteiger partial charge in [-0.05, 0) is 38.1 Å². The van der Waals surface area contributed by atoms with E-state index in [1.807, 2.05) is 24.5 Å². The fourth-order valence-electron chi connectivity index (χ4n) is 2.71. The molecule has 1 heterocycles. The Kier molecular flexibility index (Phi) is 7.28. The Morgan fingerprint density at radius 3 is 2.57 bits per heavy atom. The molecular weight excluding hydrogens is 434 g/mol. The Labute approximate surface area is 181 Å². The number of hydrogen-bond acceptors (Lipinski definition) is 5. The number of amides is 1. The average Bonchev–Trinajstić information content (AvgIpc) is 3.14. The standard InChI is InChI=1S/C20H19ClF2N4O2S/c1-3-27-19(12(2)29-16-10-5-4-7-13(16)21)25-26-20(27)30-11-17(28)24-18-14(22)8-6-9-15(18)23/h4-10,12H,3,11H2,1-2H3,(H,24,28). The zero-order chi connectivity index (χ0) is 21.7. The molecule has 1 amide bonds. The monoisotopic (exact) mass is 452 g/mol. The number of para-hydroxylation sites is 2. The van der Waals surface area contributed by atoms with Crippen molar-refractivity contribution in [2.75, 3.05) is 11.1 Å². The molecule has 0 aliphatic carbocycles. The highest BCUT2D eigenvalue weighted by Crippen LogP contribution is 2.29. The zero-order valence-corrected chi connectivity index (χ0v) is 17.8. The molecule has 0 aliphatic rings. The third-order valence-corrected chi connectivity index (χ3v) is 5.40. The maximum absolute atomic E-state index is 13.7. The number of carbonyl (C=O) groups is 1. The van der Waals surface area contributed by atoms with Gasteiger partial charge in [0.25, 0.3) is 0 Å². The summed E-state index contributed by atoms with van der Waals surface area (Å²) in [5, 5.41) is 11.5. The quantitative estimate of drug-likeness (QED) is 0.481. The molecule has 2 aromatic carbocycles. The van der Waals surface area contributed by atoms with Crippen molar-refractivity contribution < 1.29 is 18.3 Å². The first-order valence-electron chi connectivity index (χ1n) is 9.11. The van der Waals surface area contributed by atoms with Crippen LogP contribution >= 0.6 is 23.4 Å². The number of anilines is 1. The van der Waals surface area contributed by atoms with E-state index in [0.29, 0.717) is 28.3 Å². The lowest BCUT2D eigenvalue weighted by Gasteiger charge is -2.16. The normalized spacial score (nSPS) is 11.9. The molecule has 10 heteroatoms. The van der Waals surface area contributed by atoms with Crippen LogP contribution in [0.5, 0.6) is 5.75 Å². The largest absolute Gasteiger partial charge is 0.481 e. The molecule has 0 saturated carbocycles. The number of nitrogens with zero attached hydrogens (tertiary/aromatic N) is 3. The van der Waals surface area contributed by atoms with Crippen molar-refractivity contribution in [3.63, 3.8) is 0 Å². The van der Waals surface area contributed by atoms with Crippen LogP contribution in [0.4, 0.5) is 14.5 Å². The lowest BCUT2D eigenvalue weighted by molar-refractivity contribution is -0.113. The predicted octanol–water partition coefficient (Wildman–Crippen LogP) is 5.10. The highest BCUT2D eigenvalue weighted by Gasteiger charge is 2.20. The van der Waals surface area contributed by atoms with Crippen molar-refractivity contribution in [3.8, 4) is 5.75 Å². The third kappa shape index (κ3) is 5.09. The van der Waals surface area contributed by atoms with E-state index in [1.54, 1.807) is 18.2 Å². The molecule has 1 aromatic heterocycles. The van der Waals surface area contributed by atoms with Crippen molar-refractivity contribution in [1.29, 1.82) is 0 Å². The molecule has 30 heavy (non-hydrogen) atoms. The first kappa shape index (κ1) is 22.0. The van der Waals surface area contributed by atoms with Crippen molar-refractivity contribution in [3.05, 3.63) is 64.9 Å². The summed E-state index contributed by atoms with van der Waals surface area (Å²) in [6.45, 7) is 4.28. The molecule has 3 aromatic rings. The first-order chi connectivity index (χ1) is 14.4. The van der Waals surface area contributed by atoms with Gasteiger partial charge in [0.15, 0.2) is 17.1 Å². The molecule has 158 valence electrons. The van der Waals surface area contributed by atoms with E-state index < -0.39 is 29.3 Å². The van der Waals surface area contributed by atoms with Gasteiger partial charge in [-0.1, -0.05) is 41.6 Å². The first-order valence-corrected chi connectivity index (χ1v) is 10.5. The molecule has 0 bridgehead atoms. The summed E-state index contributed by atoms with van der Waals surface area (Å²) < 4.78 is 35.1. The second-order valence-corrected chi connectivity index (χ2v) is 7.56. The maximum Gasteiger partial charge on any atom is 0.235 e. The number of carbonyl (C=O) groups excluding carboxylic acids is 1. The van der Waals surface area contributed by atoms with Crippen LogP contribution < -0.4 is 10.1 Å². The van der Waals surface area contributed by atoms with Gasteiger partial charge < -0.3 is 14.6 Å². The van der Waals surface area contributed by atoms with Gasteiger partial charge in [0.2, 0.25) is 5.91 Å². The maximum atomic E-state index is 13.7. The second-order valence-electron chi connectivity index (χ2n) is 6.21. The second kappa shape index (κ2) is 9.90. The smallest absolute Gasteiger partial charge is 0.235 e. The highest BCUT2D eigenvalue weighted by atomic mass is 35.5. The molecule has 0 radical (unpaired) electrons. The molecule has 1 unspecified atom stereocenters. The summed E-state index contributed by atoms with van der Waals surface area (Å²) >= 11 is 7.25. The summed E-state index contributed by atoms with van der Waals surface area (Å²) in [6, 6.07) is 10.5. The van der Waals surface area contributed by atoms with E-state index in [-0.39, 0.29) is 5.75 Å². The van der Waals surface area contributed by atoms with Gasteiger partial charge in [-0.2, -0.15) is 0 Å². The van der Waals surface area contributed by atoms with E-state index in [9.17, 15) is 13.6 Å². The molecule has 3 rings (SSSR count). The Hall–Kier alpha value is -2.65. The minimum Gasteiger partial charge on any atom is -0.481 e. The summed E-state index contributed by atoms with van der Waals surface area (Å²) in [4.78, 5) is 12.1. The highest BCUT2D eigenvalue weighted by molar-refractivity contribution is 7.99. The van der Waals surface area contributed by atoms with E-state index >= 15 is 0 Å². The molecule has 0 aliphatic heterocycles. The Morgan fingerprint density at radius 2 is 1.90 bits per heavy atom. The van der Waals surface area contributed by atoms with Crippen LogP contribution in [0.3, 0.4) is 0 Å². The zero-order valence-electron chi connectivity index (χ0n) is 16.2. The summed E-state index contributed by atoms with van der Waals surface area (Å²) in [6.07, 6.45) is -0.437. The van der Waals surface area contributed by atoms with Crippen LogP contribution in [0.1, 0.15) is 25.8 Å². The van der Waals surface area contributed by atoms with Crippen LogP contribution in [0.2, 0.25) is 5.02 Å².